The second-order valence-electron chi connectivity index (χ2n) is 6.04. The molecule has 3 aromatic rings. The van der Waals surface area contributed by atoms with E-state index >= 15 is 0 Å². The van der Waals surface area contributed by atoms with Gasteiger partial charge in [-0.3, -0.25) is 9.13 Å². The number of rotatable bonds is 5. The Hall–Kier alpha value is -3.09. The summed E-state index contributed by atoms with van der Waals surface area (Å²) in [4.78, 5) is 28.1. The van der Waals surface area contributed by atoms with Crippen molar-refractivity contribution >= 4 is 22.8 Å². The normalized spacial score (nSPS) is 12.3. The van der Waals surface area contributed by atoms with Crippen molar-refractivity contribution in [1.29, 1.82) is 0 Å². The zero-order chi connectivity index (χ0) is 18.1. The van der Waals surface area contributed by atoms with Crippen LogP contribution in [0.15, 0.2) is 41.3 Å². The predicted molar refractivity (Wildman–Crippen MR) is 96.6 cm³/mol. The number of carboxylic acid groups (broad SMARTS) is 1. The summed E-state index contributed by atoms with van der Waals surface area (Å²) < 4.78 is 2.97. The smallest absolute Gasteiger partial charge is 0.335 e. The van der Waals surface area contributed by atoms with E-state index in [2.05, 4.69) is 24.1 Å². The molecule has 1 atom stereocenters. The highest BCUT2D eigenvalue weighted by atomic mass is 16.4. The molecular weight excluding hydrogens is 320 g/mol. The molecule has 7 nitrogen and oxygen atoms in total. The number of anilines is 1. The summed E-state index contributed by atoms with van der Waals surface area (Å²) in [5, 5.41) is 12.4. The van der Waals surface area contributed by atoms with Gasteiger partial charge in [-0.2, -0.15) is 0 Å². The van der Waals surface area contributed by atoms with E-state index in [1.165, 1.54) is 21.3 Å². The van der Waals surface area contributed by atoms with Gasteiger partial charge in [0.2, 0.25) is 0 Å². The molecule has 0 saturated carbocycles. The van der Waals surface area contributed by atoms with Crippen LogP contribution in [-0.4, -0.2) is 31.2 Å². The molecule has 0 aliphatic heterocycles. The zero-order valence-corrected chi connectivity index (χ0v) is 14.4. The molecule has 0 saturated heterocycles. The number of nitrogens with one attached hydrogen (secondary N) is 1. The van der Waals surface area contributed by atoms with Crippen molar-refractivity contribution < 1.29 is 9.90 Å². The number of carboxylic acids is 1. The van der Waals surface area contributed by atoms with Gasteiger partial charge in [0.05, 0.1) is 28.5 Å². The Bertz CT molecular complexity index is 986. The largest absolute Gasteiger partial charge is 0.478 e. The summed E-state index contributed by atoms with van der Waals surface area (Å²) in [5.41, 5.74) is 1.73. The fraction of sp³-hybridized carbons (Fsp3) is 0.278. The fourth-order valence-corrected chi connectivity index (χ4v) is 2.68. The number of pyridine rings is 1. The monoisotopic (exact) mass is 340 g/mol. The Labute approximate surface area is 144 Å². The average Bonchev–Trinajstić information content (AvgIpc) is 2.86. The summed E-state index contributed by atoms with van der Waals surface area (Å²) in [7, 11) is 1.62. The average molecular weight is 340 g/mol. The Balaban J connectivity index is 2.08. The van der Waals surface area contributed by atoms with Crippen molar-refractivity contribution in [1.82, 2.24) is 14.1 Å². The van der Waals surface area contributed by atoms with Crippen LogP contribution >= 0.6 is 0 Å². The first kappa shape index (κ1) is 16.8. The summed E-state index contributed by atoms with van der Waals surface area (Å²) in [6, 6.07) is 8.61. The number of aromatic carboxylic acids is 1. The highest BCUT2D eigenvalue weighted by Crippen LogP contribution is 2.19. The molecule has 0 aliphatic carbocycles. The van der Waals surface area contributed by atoms with Crippen molar-refractivity contribution in [3.8, 4) is 5.69 Å². The Morgan fingerprint density at radius 2 is 2.04 bits per heavy atom. The van der Waals surface area contributed by atoms with Crippen molar-refractivity contribution in [2.45, 2.75) is 26.3 Å². The molecule has 0 radical (unpaired) electrons. The molecule has 1 aromatic carbocycles. The molecule has 3 rings (SSSR count). The number of hydrogen-bond donors (Lipinski definition) is 2. The molecule has 1 unspecified atom stereocenters. The molecule has 25 heavy (non-hydrogen) atoms. The lowest BCUT2D eigenvalue weighted by Gasteiger charge is -2.12. The second-order valence-corrected chi connectivity index (χ2v) is 6.04. The number of imidazole rings is 1. The van der Waals surface area contributed by atoms with Gasteiger partial charge in [0.25, 0.3) is 0 Å². The second kappa shape index (κ2) is 6.43. The zero-order valence-electron chi connectivity index (χ0n) is 14.4. The van der Waals surface area contributed by atoms with Crippen LogP contribution in [0.4, 0.5) is 5.82 Å². The summed E-state index contributed by atoms with van der Waals surface area (Å²) in [6.07, 6.45) is 2.62. The van der Waals surface area contributed by atoms with Crippen molar-refractivity contribution in [2.75, 3.05) is 5.32 Å². The first-order chi connectivity index (χ1) is 11.9. The number of benzene rings is 1. The molecular formula is C18H20N4O3. The van der Waals surface area contributed by atoms with Gasteiger partial charge in [-0.15, -0.1) is 0 Å². The van der Waals surface area contributed by atoms with E-state index in [0.29, 0.717) is 22.8 Å². The maximum absolute atomic E-state index is 12.6. The Morgan fingerprint density at radius 1 is 1.28 bits per heavy atom. The SMILES string of the molecule is CCC(C)Nc1ccc(-n2c(=O)n(C)c3cc(C(=O)O)ccc32)cn1. The number of aryl methyl sites for hydroxylation is 1. The van der Waals surface area contributed by atoms with E-state index in [1.807, 2.05) is 12.1 Å². The van der Waals surface area contributed by atoms with Gasteiger partial charge in [0.1, 0.15) is 5.82 Å². The molecule has 0 spiro atoms. The van der Waals surface area contributed by atoms with Crippen molar-refractivity contribution in [3.05, 3.63) is 52.6 Å². The highest BCUT2D eigenvalue weighted by molar-refractivity contribution is 5.92. The van der Waals surface area contributed by atoms with Gasteiger partial charge in [0.15, 0.2) is 0 Å². The standard InChI is InChI=1S/C18H20N4O3/c1-4-11(2)20-16-8-6-13(10-19-16)22-14-7-5-12(17(23)24)9-15(14)21(3)18(22)25/h5-11H,4H2,1-3H3,(H,19,20)(H,23,24). The van der Waals surface area contributed by atoms with Crippen LogP contribution in [0.3, 0.4) is 0 Å². The molecule has 2 N–H and O–H groups in total. The van der Waals surface area contributed by atoms with E-state index in [9.17, 15) is 9.59 Å². The summed E-state index contributed by atoms with van der Waals surface area (Å²) in [6.45, 7) is 4.16. The molecule has 7 heteroatoms. The van der Waals surface area contributed by atoms with Gasteiger partial charge in [-0.25, -0.2) is 14.6 Å². The molecule has 0 aliphatic rings. The summed E-state index contributed by atoms with van der Waals surface area (Å²) in [5.74, 6) is -0.274. The van der Waals surface area contributed by atoms with E-state index < -0.39 is 5.97 Å². The molecule has 130 valence electrons. The molecule has 0 fully saturated rings. The molecule has 0 bridgehead atoms. The van der Waals surface area contributed by atoms with E-state index in [1.54, 1.807) is 19.3 Å². The minimum absolute atomic E-state index is 0.145. The van der Waals surface area contributed by atoms with Gasteiger partial charge in [0, 0.05) is 13.1 Å². The number of fused-ring (bicyclic) bond motifs is 1. The summed E-state index contributed by atoms with van der Waals surface area (Å²) >= 11 is 0. The number of hydrogen-bond acceptors (Lipinski definition) is 4. The topological polar surface area (TPSA) is 89.2 Å². The minimum atomic E-state index is -1.02. The number of nitrogens with zero attached hydrogens (tertiary/aromatic N) is 3. The van der Waals surface area contributed by atoms with Crippen molar-refractivity contribution in [2.24, 2.45) is 7.05 Å². The number of aromatic nitrogens is 3. The molecule has 2 heterocycles. The first-order valence-corrected chi connectivity index (χ1v) is 8.10. The van der Waals surface area contributed by atoms with Gasteiger partial charge in [-0.1, -0.05) is 6.92 Å². The van der Waals surface area contributed by atoms with Gasteiger partial charge < -0.3 is 10.4 Å². The van der Waals surface area contributed by atoms with Crippen molar-refractivity contribution in [3.63, 3.8) is 0 Å². The van der Waals surface area contributed by atoms with Crippen LogP contribution in [0, 0.1) is 0 Å². The van der Waals surface area contributed by atoms with Crippen LogP contribution in [-0.2, 0) is 7.05 Å². The quantitative estimate of drug-likeness (QED) is 0.745. The highest BCUT2D eigenvalue weighted by Gasteiger charge is 2.15. The van der Waals surface area contributed by atoms with Crippen LogP contribution in [0.1, 0.15) is 30.6 Å². The number of carbonyl (C=O) groups is 1. The Kier molecular flexibility index (Phi) is 4.31. The van der Waals surface area contributed by atoms with Crippen LogP contribution in [0.5, 0.6) is 0 Å². The predicted octanol–water partition coefficient (Wildman–Crippen LogP) is 2.63. The third-order valence-corrected chi connectivity index (χ3v) is 4.32. The molecule has 2 aromatic heterocycles. The van der Waals surface area contributed by atoms with Crippen LogP contribution < -0.4 is 11.0 Å². The van der Waals surface area contributed by atoms with Crippen LogP contribution in [0.2, 0.25) is 0 Å². The van der Waals surface area contributed by atoms with E-state index in [-0.39, 0.29) is 11.3 Å². The first-order valence-electron chi connectivity index (χ1n) is 8.10. The van der Waals surface area contributed by atoms with E-state index in [4.69, 9.17) is 5.11 Å². The van der Waals surface area contributed by atoms with Gasteiger partial charge >= 0.3 is 11.7 Å². The third kappa shape index (κ3) is 3.00. The van der Waals surface area contributed by atoms with Crippen LogP contribution in [0.25, 0.3) is 16.7 Å². The lowest BCUT2D eigenvalue weighted by molar-refractivity contribution is 0.0697. The third-order valence-electron chi connectivity index (χ3n) is 4.32. The lowest BCUT2D eigenvalue weighted by Crippen LogP contribution is -2.21. The fourth-order valence-electron chi connectivity index (χ4n) is 2.68. The minimum Gasteiger partial charge on any atom is -0.478 e. The van der Waals surface area contributed by atoms with Gasteiger partial charge in [-0.05, 0) is 43.7 Å². The van der Waals surface area contributed by atoms with E-state index in [0.717, 1.165) is 12.2 Å². The maximum atomic E-state index is 12.6. The molecule has 0 amide bonds. The maximum Gasteiger partial charge on any atom is 0.335 e. The Morgan fingerprint density at radius 3 is 2.64 bits per heavy atom. The lowest BCUT2D eigenvalue weighted by atomic mass is 10.2.